The number of unbranched alkanes of at least 4 members (excludes halogenated alkanes) is 2. The van der Waals surface area contributed by atoms with Gasteiger partial charge < -0.3 is 4.52 Å². The molecule has 3 aromatic rings. The second kappa shape index (κ2) is 9.34. The molecule has 9 heteroatoms. The van der Waals surface area contributed by atoms with Crippen molar-refractivity contribution in [1.82, 2.24) is 14.7 Å². The number of aromatic nitrogens is 3. The molecule has 0 bridgehead atoms. The van der Waals surface area contributed by atoms with Crippen LogP contribution in [0.1, 0.15) is 55.2 Å². The van der Waals surface area contributed by atoms with Crippen LogP contribution in [0.25, 0.3) is 10.2 Å². The molecule has 4 rings (SSSR count). The van der Waals surface area contributed by atoms with Crippen LogP contribution in [-0.4, -0.2) is 26.4 Å². The SMILES string of the molecule is CCCCCn1c(SCC(=O)Nc2cc(C)no2)nc2sc3c(c2c1=O)CCCC3. The Labute approximate surface area is 183 Å². The molecular weight excluding hydrogens is 420 g/mol. The van der Waals surface area contributed by atoms with E-state index in [4.69, 9.17) is 9.51 Å². The quantitative estimate of drug-likeness (QED) is 0.310. The van der Waals surface area contributed by atoms with Gasteiger partial charge >= 0.3 is 0 Å². The van der Waals surface area contributed by atoms with Gasteiger partial charge in [-0.1, -0.05) is 36.7 Å². The normalized spacial score (nSPS) is 13.5. The number of carbonyl (C=O) groups excluding carboxylic acids is 1. The molecule has 0 saturated heterocycles. The average Bonchev–Trinajstić information content (AvgIpc) is 3.31. The average molecular weight is 447 g/mol. The van der Waals surface area contributed by atoms with Gasteiger partial charge in [-0.3, -0.25) is 19.5 Å². The van der Waals surface area contributed by atoms with Crippen molar-refractivity contribution >= 4 is 45.1 Å². The maximum absolute atomic E-state index is 13.4. The number of fused-ring (bicyclic) bond motifs is 3. The van der Waals surface area contributed by atoms with Gasteiger partial charge in [0.15, 0.2) is 5.16 Å². The molecule has 7 nitrogen and oxygen atoms in total. The predicted molar refractivity (Wildman–Crippen MR) is 121 cm³/mol. The standard InChI is InChI=1S/C21H26N4O3S2/c1-3-4-7-10-25-20(27)18-14-8-5-6-9-15(14)30-19(18)23-21(25)29-12-16(26)22-17-11-13(2)24-28-17/h11H,3-10,12H2,1-2H3,(H,22,26). The van der Waals surface area contributed by atoms with Crippen LogP contribution in [0.2, 0.25) is 0 Å². The number of aryl methyl sites for hydroxylation is 3. The Kier molecular flexibility index (Phi) is 6.58. The number of nitrogens with one attached hydrogen (secondary N) is 1. The Hall–Kier alpha value is -2.13. The molecule has 30 heavy (non-hydrogen) atoms. The summed E-state index contributed by atoms with van der Waals surface area (Å²) in [5.41, 5.74) is 1.96. The first-order valence-electron chi connectivity index (χ1n) is 10.5. The van der Waals surface area contributed by atoms with Crippen LogP contribution >= 0.6 is 23.1 Å². The van der Waals surface area contributed by atoms with Crippen molar-refractivity contribution in [2.24, 2.45) is 0 Å². The van der Waals surface area contributed by atoms with Crippen LogP contribution in [0, 0.1) is 6.92 Å². The lowest BCUT2D eigenvalue weighted by atomic mass is 9.97. The molecule has 1 amide bonds. The van der Waals surface area contributed by atoms with Gasteiger partial charge in [0, 0.05) is 17.5 Å². The van der Waals surface area contributed by atoms with Crippen molar-refractivity contribution in [1.29, 1.82) is 0 Å². The summed E-state index contributed by atoms with van der Waals surface area (Å²) in [6, 6.07) is 1.67. The molecule has 0 aliphatic heterocycles. The maximum atomic E-state index is 13.4. The summed E-state index contributed by atoms with van der Waals surface area (Å²) in [5, 5.41) is 7.88. The molecule has 1 N–H and O–H groups in total. The van der Waals surface area contributed by atoms with E-state index < -0.39 is 0 Å². The highest BCUT2D eigenvalue weighted by molar-refractivity contribution is 7.99. The number of anilines is 1. The zero-order valence-electron chi connectivity index (χ0n) is 17.3. The van der Waals surface area contributed by atoms with Crippen molar-refractivity contribution in [3.8, 4) is 0 Å². The van der Waals surface area contributed by atoms with E-state index in [0.29, 0.717) is 23.3 Å². The van der Waals surface area contributed by atoms with E-state index in [2.05, 4.69) is 17.4 Å². The zero-order chi connectivity index (χ0) is 21.1. The summed E-state index contributed by atoms with van der Waals surface area (Å²) >= 11 is 2.94. The third kappa shape index (κ3) is 4.46. The maximum Gasteiger partial charge on any atom is 0.263 e. The summed E-state index contributed by atoms with van der Waals surface area (Å²) < 4.78 is 6.81. The van der Waals surface area contributed by atoms with Gasteiger partial charge in [-0.05, 0) is 44.6 Å². The fraction of sp³-hybridized carbons (Fsp3) is 0.524. The number of thioether (sulfide) groups is 1. The van der Waals surface area contributed by atoms with E-state index in [1.807, 2.05) is 0 Å². The highest BCUT2D eigenvalue weighted by Crippen LogP contribution is 2.34. The van der Waals surface area contributed by atoms with Crippen molar-refractivity contribution in [3.63, 3.8) is 0 Å². The first-order chi connectivity index (χ1) is 14.6. The Morgan fingerprint density at radius 3 is 2.93 bits per heavy atom. The van der Waals surface area contributed by atoms with Crippen molar-refractivity contribution < 1.29 is 9.32 Å². The van der Waals surface area contributed by atoms with Crippen molar-refractivity contribution in [2.45, 2.75) is 70.5 Å². The molecule has 3 aromatic heterocycles. The minimum atomic E-state index is -0.212. The van der Waals surface area contributed by atoms with Gasteiger partial charge in [0.1, 0.15) is 4.83 Å². The van der Waals surface area contributed by atoms with Gasteiger partial charge in [0.2, 0.25) is 11.8 Å². The Morgan fingerprint density at radius 1 is 1.33 bits per heavy atom. The van der Waals surface area contributed by atoms with Crippen LogP contribution in [0.5, 0.6) is 0 Å². The first kappa shape index (κ1) is 21.1. The molecule has 0 unspecified atom stereocenters. The van der Waals surface area contributed by atoms with Crippen LogP contribution in [-0.2, 0) is 24.2 Å². The summed E-state index contributed by atoms with van der Waals surface area (Å²) in [7, 11) is 0. The van der Waals surface area contributed by atoms with Gasteiger partial charge in [0.05, 0.1) is 16.8 Å². The Bertz CT molecular complexity index is 1120. The largest absolute Gasteiger partial charge is 0.338 e. The molecule has 1 aliphatic rings. The highest BCUT2D eigenvalue weighted by atomic mass is 32.2. The van der Waals surface area contributed by atoms with Crippen molar-refractivity contribution in [2.75, 3.05) is 11.1 Å². The number of hydrogen-bond donors (Lipinski definition) is 1. The fourth-order valence-corrected chi connectivity index (χ4v) is 5.90. The Balaban J connectivity index is 1.60. The van der Waals surface area contributed by atoms with E-state index in [1.54, 1.807) is 28.9 Å². The van der Waals surface area contributed by atoms with Crippen molar-refractivity contribution in [3.05, 3.63) is 32.6 Å². The van der Waals surface area contributed by atoms with Gasteiger partial charge in [-0.15, -0.1) is 11.3 Å². The molecule has 3 heterocycles. The molecule has 1 aliphatic carbocycles. The number of rotatable bonds is 8. The number of amides is 1. The zero-order valence-corrected chi connectivity index (χ0v) is 19.0. The predicted octanol–water partition coefficient (Wildman–Crippen LogP) is 4.55. The molecule has 0 fully saturated rings. The van der Waals surface area contributed by atoms with Crippen LogP contribution < -0.4 is 10.9 Å². The van der Waals surface area contributed by atoms with E-state index >= 15 is 0 Å². The number of hydrogen-bond acceptors (Lipinski definition) is 7. The Morgan fingerprint density at radius 2 is 2.17 bits per heavy atom. The third-order valence-corrected chi connectivity index (χ3v) is 7.41. The molecular formula is C21H26N4O3S2. The monoisotopic (exact) mass is 446 g/mol. The van der Waals surface area contributed by atoms with E-state index in [0.717, 1.165) is 48.7 Å². The minimum absolute atomic E-state index is 0.0456. The van der Waals surface area contributed by atoms with E-state index in [-0.39, 0.29) is 17.2 Å². The lowest BCUT2D eigenvalue weighted by Gasteiger charge is -2.13. The molecule has 0 spiro atoms. The lowest BCUT2D eigenvalue weighted by Crippen LogP contribution is -2.24. The number of thiophene rings is 1. The van der Waals surface area contributed by atoms with E-state index in [9.17, 15) is 9.59 Å². The molecule has 0 aromatic carbocycles. The third-order valence-electron chi connectivity index (χ3n) is 5.25. The molecule has 0 saturated carbocycles. The van der Waals surface area contributed by atoms with Crippen LogP contribution in [0.3, 0.4) is 0 Å². The lowest BCUT2D eigenvalue weighted by molar-refractivity contribution is -0.113. The fourth-order valence-electron chi connectivity index (χ4n) is 3.77. The second-order valence-electron chi connectivity index (χ2n) is 7.62. The summed E-state index contributed by atoms with van der Waals surface area (Å²) in [6.45, 7) is 4.57. The smallest absolute Gasteiger partial charge is 0.263 e. The van der Waals surface area contributed by atoms with Crippen LogP contribution in [0.15, 0.2) is 20.5 Å². The van der Waals surface area contributed by atoms with E-state index in [1.165, 1.54) is 28.6 Å². The number of nitrogens with zero attached hydrogens (tertiary/aromatic N) is 3. The molecule has 160 valence electrons. The topological polar surface area (TPSA) is 90.0 Å². The first-order valence-corrected chi connectivity index (χ1v) is 12.3. The summed E-state index contributed by atoms with van der Waals surface area (Å²) in [5.74, 6) is 0.264. The highest BCUT2D eigenvalue weighted by Gasteiger charge is 2.22. The minimum Gasteiger partial charge on any atom is -0.338 e. The van der Waals surface area contributed by atoms with Gasteiger partial charge in [0.25, 0.3) is 5.56 Å². The van der Waals surface area contributed by atoms with Gasteiger partial charge in [-0.2, -0.15) is 0 Å². The van der Waals surface area contributed by atoms with Gasteiger partial charge in [-0.25, -0.2) is 4.98 Å². The molecule has 0 atom stereocenters. The molecule has 0 radical (unpaired) electrons. The van der Waals surface area contributed by atoms with Crippen LogP contribution in [0.4, 0.5) is 5.88 Å². The second-order valence-corrected chi connectivity index (χ2v) is 9.64. The summed E-state index contributed by atoms with van der Waals surface area (Å²) in [6.07, 6.45) is 7.37. The summed E-state index contributed by atoms with van der Waals surface area (Å²) in [4.78, 5) is 32.7. The number of carbonyl (C=O) groups is 1.